The highest BCUT2D eigenvalue weighted by atomic mass is 35.5. The molecule has 3 aromatic carbocycles. The normalized spacial score (nSPS) is 19.3. The van der Waals surface area contributed by atoms with Gasteiger partial charge in [0.05, 0.1) is 5.02 Å². The maximum absolute atomic E-state index is 14.2. The highest BCUT2D eigenvalue weighted by molar-refractivity contribution is 6.30. The van der Waals surface area contributed by atoms with Gasteiger partial charge in [0.25, 0.3) is 0 Å². The number of unbranched alkanes of at least 4 members (excludes halogenated alkanes) is 1. The lowest BCUT2D eigenvalue weighted by Crippen LogP contribution is -2.22. The van der Waals surface area contributed by atoms with Gasteiger partial charge in [-0.15, -0.1) is 0 Å². The lowest BCUT2D eigenvalue weighted by atomic mass is 9.69. The van der Waals surface area contributed by atoms with E-state index in [1.807, 2.05) is 12.1 Å². The molecule has 0 aromatic heterocycles. The minimum atomic E-state index is -0.373. The largest absolute Gasteiger partial charge is 0.207 e. The zero-order chi connectivity index (χ0) is 19.0. The number of rotatable bonds is 4. The molecule has 27 heavy (non-hydrogen) atoms. The second-order valence-electron chi connectivity index (χ2n) is 7.59. The van der Waals surface area contributed by atoms with Crippen LogP contribution in [0.4, 0.5) is 8.78 Å². The van der Waals surface area contributed by atoms with Crippen molar-refractivity contribution in [2.24, 2.45) is 5.92 Å². The highest BCUT2D eigenvalue weighted by Crippen LogP contribution is 2.45. The van der Waals surface area contributed by atoms with Gasteiger partial charge in [0.1, 0.15) is 11.6 Å². The van der Waals surface area contributed by atoms with Crippen molar-refractivity contribution < 1.29 is 8.78 Å². The fourth-order valence-corrected chi connectivity index (χ4v) is 4.74. The van der Waals surface area contributed by atoms with Gasteiger partial charge in [-0.2, -0.15) is 0 Å². The molecule has 0 saturated heterocycles. The number of halogens is 3. The summed E-state index contributed by atoms with van der Waals surface area (Å²) in [6.07, 6.45) is 5.41. The second-order valence-corrected chi connectivity index (χ2v) is 8.00. The van der Waals surface area contributed by atoms with Crippen LogP contribution in [0, 0.1) is 17.6 Å². The Bertz CT molecular complexity index is 980. The van der Waals surface area contributed by atoms with Crippen LogP contribution in [0.25, 0.3) is 10.8 Å². The number of hydrogen-bond donors (Lipinski definition) is 0. The molecule has 0 saturated carbocycles. The first-order valence-electron chi connectivity index (χ1n) is 9.74. The molecule has 1 aliphatic rings. The van der Waals surface area contributed by atoms with Crippen LogP contribution in [-0.4, -0.2) is 0 Å². The van der Waals surface area contributed by atoms with E-state index in [0.29, 0.717) is 5.92 Å². The van der Waals surface area contributed by atoms with Crippen molar-refractivity contribution in [2.45, 2.75) is 44.9 Å². The highest BCUT2D eigenvalue weighted by Gasteiger charge is 2.31. The molecule has 1 aliphatic carbocycles. The molecule has 0 unspecified atom stereocenters. The van der Waals surface area contributed by atoms with Crippen molar-refractivity contribution in [1.29, 1.82) is 0 Å². The predicted molar refractivity (Wildman–Crippen MR) is 108 cm³/mol. The van der Waals surface area contributed by atoms with E-state index in [0.717, 1.165) is 48.4 Å². The van der Waals surface area contributed by atoms with Crippen LogP contribution in [-0.2, 0) is 6.42 Å². The average Bonchev–Trinajstić information content (AvgIpc) is 2.67. The topological polar surface area (TPSA) is 0 Å². The summed E-state index contributed by atoms with van der Waals surface area (Å²) in [6.45, 7) is 2.20. The minimum absolute atomic E-state index is 0.125. The number of benzene rings is 3. The van der Waals surface area contributed by atoms with E-state index < -0.39 is 0 Å². The van der Waals surface area contributed by atoms with Crippen molar-refractivity contribution in [1.82, 2.24) is 0 Å². The SMILES string of the molecule is CCCC[C@@H]1CCc2c(ccc3ccc(F)cc23)[C@H]1c1ccc(Cl)c(F)c1. The third-order valence-corrected chi connectivity index (χ3v) is 6.24. The van der Waals surface area contributed by atoms with Gasteiger partial charge in [-0.1, -0.05) is 55.6 Å². The Morgan fingerprint density at radius 1 is 1.04 bits per heavy atom. The van der Waals surface area contributed by atoms with Crippen molar-refractivity contribution in [2.75, 3.05) is 0 Å². The summed E-state index contributed by atoms with van der Waals surface area (Å²) < 4.78 is 28.1. The Hall–Kier alpha value is -1.93. The van der Waals surface area contributed by atoms with E-state index in [-0.39, 0.29) is 22.6 Å². The fourth-order valence-electron chi connectivity index (χ4n) is 4.63. The van der Waals surface area contributed by atoms with Crippen molar-refractivity contribution >= 4 is 22.4 Å². The predicted octanol–water partition coefficient (Wildman–Crippen LogP) is 7.66. The lowest BCUT2D eigenvalue weighted by molar-refractivity contribution is 0.372. The second kappa shape index (κ2) is 7.59. The molecule has 0 amide bonds. The van der Waals surface area contributed by atoms with Gasteiger partial charge in [-0.25, -0.2) is 8.78 Å². The summed E-state index contributed by atoms with van der Waals surface area (Å²) in [7, 11) is 0. The number of fused-ring (bicyclic) bond motifs is 3. The summed E-state index contributed by atoms with van der Waals surface area (Å²) in [6, 6.07) is 14.4. The summed E-state index contributed by atoms with van der Waals surface area (Å²) in [5.74, 6) is 0.00391. The molecule has 0 bridgehead atoms. The molecule has 3 aromatic rings. The maximum atomic E-state index is 14.2. The van der Waals surface area contributed by atoms with Crippen molar-refractivity contribution in [3.63, 3.8) is 0 Å². The van der Waals surface area contributed by atoms with Crippen molar-refractivity contribution in [3.05, 3.63) is 81.9 Å². The monoisotopic (exact) mass is 384 g/mol. The zero-order valence-corrected chi connectivity index (χ0v) is 16.2. The molecule has 0 heterocycles. The average molecular weight is 385 g/mol. The molecule has 0 fully saturated rings. The first-order valence-corrected chi connectivity index (χ1v) is 10.1. The smallest absolute Gasteiger partial charge is 0.142 e. The Morgan fingerprint density at radius 2 is 1.85 bits per heavy atom. The summed E-state index contributed by atoms with van der Waals surface area (Å²) in [4.78, 5) is 0. The fraction of sp³-hybridized carbons (Fsp3) is 0.333. The Labute approximate surface area is 164 Å². The van der Waals surface area contributed by atoms with Crippen LogP contribution < -0.4 is 0 Å². The summed E-state index contributed by atoms with van der Waals surface area (Å²) in [5.41, 5.74) is 3.39. The molecule has 0 aliphatic heterocycles. The molecule has 3 heteroatoms. The van der Waals surface area contributed by atoms with Gasteiger partial charge in [-0.3, -0.25) is 0 Å². The van der Waals surface area contributed by atoms with E-state index >= 15 is 0 Å². The summed E-state index contributed by atoms with van der Waals surface area (Å²) >= 11 is 5.92. The quantitative estimate of drug-likeness (QED) is 0.433. The van der Waals surface area contributed by atoms with E-state index in [9.17, 15) is 8.78 Å². The van der Waals surface area contributed by atoms with Crippen LogP contribution in [0.2, 0.25) is 5.02 Å². The zero-order valence-electron chi connectivity index (χ0n) is 15.4. The molecule has 0 nitrogen and oxygen atoms in total. The Balaban J connectivity index is 1.88. The molecular formula is C24H23ClF2. The molecule has 140 valence electrons. The van der Waals surface area contributed by atoms with Gasteiger partial charge in [-0.05, 0) is 76.9 Å². The minimum Gasteiger partial charge on any atom is -0.207 e. The number of aryl methyl sites for hydroxylation is 1. The lowest BCUT2D eigenvalue weighted by Gasteiger charge is -2.35. The molecule has 4 rings (SSSR count). The molecule has 0 radical (unpaired) electrons. The molecule has 0 N–H and O–H groups in total. The first kappa shape index (κ1) is 18.4. The summed E-state index contributed by atoms with van der Waals surface area (Å²) in [5, 5.41) is 2.20. The van der Waals surface area contributed by atoms with Gasteiger partial charge in [0, 0.05) is 5.92 Å². The van der Waals surface area contributed by atoms with Crippen LogP contribution in [0.5, 0.6) is 0 Å². The molecule has 0 spiro atoms. The molecular weight excluding hydrogens is 362 g/mol. The van der Waals surface area contributed by atoms with Gasteiger partial charge in [0.15, 0.2) is 0 Å². The van der Waals surface area contributed by atoms with Crippen LogP contribution in [0.15, 0.2) is 48.5 Å². The third-order valence-electron chi connectivity index (χ3n) is 5.93. The van der Waals surface area contributed by atoms with Gasteiger partial charge in [0.2, 0.25) is 0 Å². The van der Waals surface area contributed by atoms with E-state index in [1.165, 1.54) is 17.2 Å². The standard InChI is InChI=1S/C24H23ClF2/c1-2-3-4-16-7-10-19-20(11-6-15-5-9-18(26)14-21(15)19)24(16)17-8-12-22(25)23(27)13-17/h5-6,8-9,11-14,16,24H,2-4,7,10H2,1H3/t16-,24-/m1/s1. The first-order chi connectivity index (χ1) is 13.1. The van der Waals surface area contributed by atoms with E-state index in [1.54, 1.807) is 18.2 Å². The van der Waals surface area contributed by atoms with Crippen LogP contribution in [0.1, 0.15) is 55.2 Å². The third kappa shape index (κ3) is 3.48. The van der Waals surface area contributed by atoms with E-state index in [2.05, 4.69) is 19.1 Å². The van der Waals surface area contributed by atoms with E-state index in [4.69, 9.17) is 11.6 Å². The number of hydrogen-bond acceptors (Lipinski definition) is 0. The molecule has 2 atom stereocenters. The van der Waals surface area contributed by atoms with Crippen LogP contribution in [0.3, 0.4) is 0 Å². The van der Waals surface area contributed by atoms with Gasteiger partial charge >= 0.3 is 0 Å². The Morgan fingerprint density at radius 3 is 2.63 bits per heavy atom. The van der Waals surface area contributed by atoms with Crippen molar-refractivity contribution in [3.8, 4) is 0 Å². The van der Waals surface area contributed by atoms with Gasteiger partial charge < -0.3 is 0 Å². The maximum Gasteiger partial charge on any atom is 0.142 e. The van der Waals surface area contributed by atoms with Crippen LogP contribution >= 0.6 is 11.6 Å². The Kier molecular flexibility index (Phi) is 5.19.